The van der Waals surface area contributed by atoms with Gasteiger partial charge in [-0.3, -0.25) is 0 Å². The second-order valence-electron chi connectivity index (χ2n) is 5.56. The molecule has 0 spiro atoms. The van der Waals surface area contributed by atoms with E-state index in [1.54, 1.807) is 30.3 Å². The van der Waals surface area contributed by atoms with Crippen LogP contribution in [-0.2, 0) is 10.0 Å². The molecule has 0 saturated carbocycles. The van der Waals surface area contributed by atoms with Crippen molar-refractivity contribution in [2.45, 2.75) is 4.90 Å². The second kappa shape index (κ2) is 7.29. The Hall–Kier alpha value is -2.05. The molecule has 0 fully saturated rings. The molecule has 3 rings (SSSR count). The van der Waals surface area contributed by atoms with Crippen molar-refractivity contribution in [2.75, 3.05) is 7.11 Å². The number of nitrogens with two attached hydrogens (primary N) is 1. The van der Waals surface area contributed by atoms with Crippen LogP contribution in [0.25, 0.3) is 22.3 Å². The Morgan fingerprint density at radius 1 is 0.846 bits per heavy atom. The second-order valence-corrected chi connectivity index (χ2v) is 7.90. The zero-order chi connectivity index (χ0) is 18.9. The predicted molar refractivity (Wildman–Crippen MR) is 105 cm³/mol. The Labute approximate surface area is 162 Å². The minimum absolute atomic E-state index is 0.0538. The Morgan fingerprint density at radius 2 is 1.35 bits per heavy atom. The number of halogens is 2. The van der Waals surface area contributed by atoms with Gasteiger partial charge in [0.05, 0.1) is 22.1 Å². The summed E-state index contributed by atoms with van der Waals surface area (Å²) >= 11 is 12.5. The van der Waals surface area contributed by atoms with E-state index in [1.807, 2.05) is 24.3 Å². The molecule has 26 heavy (non-hydrogen) atoms. The van der Waals surface area contributed by atoms with Crippen molar-refractivity contribution in [1.29, 1.82) is 0 Å². The normalized spacial score (nSPS) is 11.4. The minimum atomic E-state index is -3.88. The SMILES string of the molecule is COc1c(Cl)cc(-c2ccccc2-c2ccccc2S(N)(=O)=O)cc1Cl. The lowest BCUT2D eigenvalue weighted by molar-refractivity contribution is 0.415. The molecule has 3 aromatic rings. The summed E-state index contributed by atoms with van der Waals surface area (Å²) in [5.74, 6) is 0.388. The van der Waals surface area contributed by atoms with Gasteiger partial charge in [0.1, 0.15) is 0 Å². The lowest BCUT2D eigenvalue weighted by Crippen LogP contribution is -2.13. The van der Waals surface area contributed by atoms with Crippen LogP contribution in [0.15, 0.2) is 65.6 Å². The summed E-state index contributed by atoms with van der Waals surface area (Å²) in [5, 5.41) is 6.11. The molecule has 134 valence electrons. The van der Waals surface area contributed by atoms with Gasteiger partial charge in [-0.25, -0.2) is 13.6 Å². The summed E-state index contributed by atoms with van der Waals surface area (Å²) in [4.78, 5) is 0.0538. The topological polar surface area (TPSA) is 69.4 Å². The maximum atomic E-state index is 12.0. The van der Waals surface area contributed by atoms with Crippen LogP contribution >= 0.6 is 23.2 Å². The highest BCUT2D eigenvalue weighted by molar-refractivity contribution is 7.89. The van der Waals surface area contributed by atoms with Crippen molar-refractivity contribution in [1.82, 2.24) is 0 Å². The maximum absolute atomic E-state index is 12.0. The Balaban J connectivity index is 2.28. The van der Waals surface area contributed by atoms with Crippen LogP contribution in [0.1, 0.15) is 0 Å². The molecule has 0 atom stereocenters. The van der Waals surface area contributed by atoms with Crippen LogP contribution < -0.4 is 9.88 Å². The van der Waals surface area contributed by atoms with Crippen LogP contribution in [0.2, 0.25) is 10.0 Å². The third-order valence-electron chi connectivity index (χ3n) is 3.92. The molecule has 3 aromatic carbocycles. The molecule has 7 heteroatoms. The third kappa shape index (κ3) is 3.57. The van der Waals surface area contributed by atoms with Gasteiger partial charge < -0.3 is 4.74 Å². The lowest BCUT2D eigenvalue weighted by Gasteiger charge is -2.15. The highest BCUT2D eigenvalue weighted by Crippen LogP contribution is 2.41. The smallest absolute Gasteiger partial charge is 0.238 e. The number of hydrogen-bond donors (Lipinski definition) is 1. The van der Waals surface area contributed by atoms with E-state index in [4.69, 9.17) is 33.1 Å². The van der Waals surface area contributed by atoms with Crippen molar-refractivity contribution in [3.63, 3.8) is 0 Å². The summed E-state index contributed by atoms with van der Waals surface area (Å²) in [5.41, 5.74) is 2.72. The first-order valence-electron chi connectivity index (χ1n) is 7.57. The van der Waals surface area contributed by atoms with Crippen molar-refractivity contribution in [2.24, 2.45) is 5.14 Å². The average molecular weight is 408 g/mol. The molecule has 4 nitrogen and oxygen atoms in total. The highest BCUT2D eigenvalue weighted by atomic mass is 35.5. The molecule has 0 radical (unpaired) electrons. The maximum Gasteiger partial charge on any atom is 0.238 e. The first-order valence-corrected chi connectivity index (χ1v) is 9.88. The van der Waals surface area contributed by atoms with Crippen molar-refractivity contribution in [3.8, 4) is 28.0 Å². The minimum Gasteiger partial charge on any atom is -0.494 e. The zero-order valence-electron chi connectivity index (χ0n) is 13.7. The predicted octanol–water partition coefficient (Wildman–Crippen LogP) is 4.98. The van der Waals surface area contributed by atoms with Crippen molar-refractivity contribution < 1.29 is 13.2 Å². The van der Waals surface area contributed by atoms with Crippen LogP contribution in [-0.4, -0.2) is 15.5 Å². The third-order valence-corrected chi connectivity index (χ3v) is 5.45. The first-order chi connectivity index (χ1) is 12.3. The fourth-order valence-corrected chi connectivity index (χ4v) is 4.21. The largest absolute Gasteiger partial charge is 0.494 e. The fourth-order valence-electron chi connectivity index (χ4n) is 2.82. The van der Waals surface area contributed by atoms with Gasteiger partial charge in [-0.2, -0.15) is 0 Å². The van der Waals surface area contributed by atoms with E-state index in [0.717, 1.165) is 11.1 Å². The number of benzene rings is 3. The summed E-state index contributed by atoms with van der Waals surface area (Å²) in [7, 11) is -2.39. The Kier molecular flexibility index (Phi) is 5.25. The van der Waals surface area contributed by atoms with E-state index in [-0.39, 0.29) is 4.90 Å². The average Bonchev–Trinajstić information content (AvgIpc) is 2.61. The van der Waals surface area contributed by atoms with E-state index in [9.17, 15) is 8.42 Å². The van der Waals surface area contributed by atoms with E-state index < -0.39 is 10.0 Å². The monoisotopic (exact) mass is 407 g/mol. The number of ether oxygens (including phenoxy) is 1. The Morgan fingerprint density at radius 3 is 1.88 bits per heavy atom. The van der Waals surface area contributed by atoms with Crippen LogP contribution in [0.4, 0.5) is 0 Å². The van der Waals surface area contributed by atoms with Gasteiger partial charge >= 0.3 is 0 Å². The molecule has 0 aliphatic heterocycles. The Bertz CT molecular complexity index is 1060. The number of hydrogen-bond acceptors (Lipinski definition) is 3. The lowest BCUT2D eigenvalue weighted by atomic mass is 9.94. The number of methoxy groups -OCH3 is 1. The molecule has 2 N–H and O–H groups in total. The molecule has 0 aliphatic carbocycles. The van der Waals surface area contributed by atoms with Crippen LogP contribution in [0.3, 0.4) is 0 Å². The van der Waals surface area contributed by atoms with Gasteiger partial charge in [0.15, 0.2) is 5.75 Å². The summed E-state index contributed by atoms with van der Waals surface area (Å²) in [6.45, 7) is 0. The zero-order valence-corrected chi connectivity index (χ0v) is 16.1. The standard InChI is InChI=1S/C19H15Cl2NO3S/c1-25-19-16(20)10-12(11-17(19)21)13-6-2-3-7-14(13)15-8-4-5-9-18(15)26(22,23)24/h2-11H,1H3,(H2,22,23,24). The van der Waals surface area contributed by atoms with E-state index in [2.05, 4.69) is 0 Å². The molecule has 0 unspecified atom stereocenters. The molecule has 0 aliphatic rings. The van der Waals surface area contributed by atoms with E-state index >= 15 is 0 Å². The van der Waals surface area contributed by atoms with Crippen LogP contribution in [0.5, 0.6) is 5.75 Å². The summed E-state index contributed by atoms with van der Waals surface area (Å²) in [6.07, 6.45) is 0. The molecular weight excluding hydrogens is 393 g/mol. The van der Waals surface area contributed by atoms with Gasteiger partial charge in [-0.05, 0) is 34.9 Å². The van der Waals surface area contributed by atoms with Crippen LogP contribution in [0, 0.1) is 0 Å². The van der Waals surface area contributed by atoms with Crippen molar-refractivity contribution >= 4 is 33.2 Å². The quantitative estimate of drug-likeness (QED) is 0.662. The fraction of sp³-hybridized carbons (Fsp3) is 0.0526. The molecular formula is C19H15Cl2NO3S. The number of rotatable bonds is 4. The number of primary sulfonamides is 1. The molecule has 0 amide bonds. The van der Waals surface area contributed by atoms with E-state index in [0.29, 0.717) is 26.9 Å². The first kappa shape index (κ1) is 18.7. The summed E-state index contributed by atoms with van der Waals surface area (Å²) < 4.78 is 29.2. The van der Waals surface area contributed by atoms with Gasteiger partial charge in [0, 0.05) is 5.56 Å². The van der Waals surface area contributed by atoms with Gasteiger partial charge in [-0.1, -0.05) is 65.7 Å². The molecule has 0 aromatic heterocycles. The summed E-state index contributed by atoms with van der Waals surface area (Å²) in [6, 6.07) is 17.4. The van der Waals surface area contributed by atoms with Gasteiger partial charge in [0.25, 0.3) is 0 Å². The molecule has 0 bridgehead atoms. The van der Waals surface area contributed by atoms with E-state index in [1.165, 1.54) is 13.2 Å². The van der Waals surface area contributed by atoms with Gasteiger partial charge in [0.2, 0.25) is 10.0 Å². The highest BCUT2D eigenvalue weighted by Gasteiger charge is 2.18. The van der Waals surface area contributed by atoms with Crippen molar-refractivity contribution in [3.05, 3.63) is 70.7 Å². The molecule has 0 heterocycles. The molecule has 0 saturated heterocycles. The van der Waals surface area contributed by atoms with Gasteiger partial charge in [-0.15, -0.1) is 0 Å². The number of sulfonamides is 1.